The first-order valence-corrected chi connectivity index (χ1v) is 6.08. The standard InChI is InChI=1S/C16H20O2/c1-2-3-4-8-11-16(17)12-13-18-14-15-9-6-5-7-10-15/h2-11,16-17H,1,12-14H2. The van der Waals surface area contributed by atoms with E-state index >= 15 is 0 Å². The van der Waals surface area contributed by atoms with Crippen LogP contribution in [0.1, 0.15) is 12.0 Å². The van der Waals surface area contributed by atoms with Gasteiger partial charge in [0.05, 0.1) is 12.7 Å². The largest absolute Gasteiger partial charge is 0.389 e. The van der Waals surface area contributed by atoms with E-state index in [1.54, 1.807) is 12.2 Å². The quantitative estimate of drug-likeness (QED) is 0.562. The van der Waals surface area contributed by atoms with Gasteiger partial charge >= 0.3 is 0 Å². The van der Waals surface area contributed by atoms with Gasteiger partial charge < -0.3 is 9.84 Å². The van der Waals surface area contributed by atoms with Crippen molar-refractivity contribution in [1.82, 2.24) is 0 Å². The molecule has 1 aromatic carbocycles. The molecule has 0 aliphatic carbocycles. The lowest BCUT2D eigenvalue weighted by Gasteiger charge is -2.06. The van der Waals surface area contributed by atoms with Crippen LogP contribution >= 0.6 is 0 Å². The SMILES string of the molecule is C=CC=CC=CC(O)CCOCc1ccccc1. The highest BCUT2D eigenvalue weighted by Crippen LogP contribution is 2.02. The summed E-state index contributed by atoms with van der Waals surface area (Å²) in [6.07, 6.45) is 9.03. The van der Waals surface area contributed by atoms with Crippen LogP contribution in [0.4, 0.5) is 0 Å². The molecule has 18 heavy (non-hydrogen) atoms. The molecule has 2 heteroatoms. The smallest absolute Gasteiger partial charge is 0.0745 e. The Kier molecular flexibility index (Phi) is 7.53. The van der Waals surface area contributed by atoms with Crippen LogP contribution in [0.15, 0.2) is 67.3 Å². The maximum atomic E-state index is 9.62. The van der Waals surface area contributed by atoms with Gasteiger partial charge in [-0.1, -0.05) is 67.3 Å². The van der Waals surface area contributed by atoms with E-state index in [-0.39, 0.29) is 0 Å². The summed E-state index contributed by atoms with van der Waals surface area (Å²) in [5.41, 5.74) is 1.15. The van der Waals surface area contributed by atoms with Gasteiger partial charge in [0.2, 0.25) is 0 Å². The number of ether oxygens (including phenoxy) is 1. The maximum absolute atomic E-state index is 9.62. The summed E-state index contributed by atoms with van der Waals surface area (Å²) in [6, 6.07) is 10.0. The van der Waals surface area contributed by atoms with Gasteiger partial charge in [0.15, 0.2) is 0 Å². The topological polar surface area (TPSA) is 29.5 Å². The lowest BCUT2D eigenvalue weighted by atomic mass is 10.2. The number of aliphatic hydroxyl groups excluding tert-OH is 1. The van der Waals surface area contributed by atoms with E-state index < -0.39 is 6.10 Å². The van der Waals surface area contributed by atoms with Crippen LogP contribution in [0, 0.1) is 0 Å². The zero-order valence-corrected chi connectivity index (χ0v) is 10.5. The van der Waals surface area contributed by atoms with Crippen molar-refractivity contribution in [3.8, 4) is 0 Å². The highest BCUT2D eigenvalue weighted by Gasteiger charge is 1.98. The fourth-order valence-electron chi connectivity index (χ4n) is 1.40. The van der Waals surface area contributed by atoms with Gasteiger partial charge in [-0.25, -0.2) is 0 Å². The lowest BCUT2D eigenvalue weighted by molar-refractivity contribution is 0.0883. The number of benzene rings is 1. The van der Waals surface area contributed by atoms with Crippen LogP contribution in [0.3, 0.4) is 0 Å². The molecule has 0 bridgehead atoms. The third kappa shape index (κ3) is 6.84. The molecule has 0 aromatic heterocycles. The zero-order chi connectivity index (χ0) is 13.1. The molecule has 0 aliphatic heterocycles. The van der Waals surface area contributed by atoms with Gasteiger partial charge in [0.1, 0.15) is 0 Å². The van der Waals surface area contributed by atoms with Crippen molar-refractivity contribution < 1.29 is 9.84 Å². The Hall–Kier alpha value is -1.64. The summed E-state index contributed by atoms with van der Waals surface area (Å²) < 4.78 is 5.49. The molecule has 0 saturated carbocycles. The van der Waals surface area contributed by atoms with Crippen LogP contribution < -0.4 is 0 Å². The Morgan fingerprint density at radius 2 is 1.94 bits per heavy atom. The van der Waals surface area contributed by atoms with E-state index in [0.29, 0.717) is 19.6 Å². The molecule has 96 valence electrons. The summed E-state index contributed by atoms with van der Waals surface area (Å²) >= 11 is 0. The van der Waals surface area contributed by atoms with Gasteiger partial charge in [0.25, 0.3) is 0 Å². The van der Waals surface area contributed by atoms with Crippen molar-refractivity contribution in [2.24, 2.45) is 0 Å². The highest BCUT2D eigenvalue weighted by atomic mass is 16.5. The Morgan fingerprint density at radius 1 is 1.17 bits per heavy atom. The molecule has 0 spiro atoms. The van der Waals surface area contributed by atoms with E-state index in [4.69, 9.17) is 4.74 Å². The zero-order valence-electron chi connectivity index (χ0n) is 10.5. The van der Waals surface area contributed by atoms with Gasteiger partial charge in [0, 0.05) is 13.0 Å². The van der Waals surface area contributed by atoms with Crippen LogP contribution in [-0.4, -0.2) is 17.8 Å². The van der Waals surface area contributed by atoms with Crippen LogP contribution in [-0.2, 0) is 11.3 Å². The Morgan fingerprint density at radius 3 is 2.67 bits per heavy atom. The molecule has 0 radical (unpaired) electrons. The Labute approximate surface area is 109 Å². The summed E-state index contributed by atoms with van der Waals surface area (Å²) in [6.45, 7) is 4.70. The minimum absolute atomic E-state index is 0.463. The predicted octanol–water partition coefficient (Wildman–Crippen LogP) is 3.25. The number of hydrogen-bond acceptors (Lipinski definition) is 2. The molecule has 1 atom stereocenters. The van der Waals surface area contributed by atoms with E-state index in [2.05, 4.69) is 6.58 Å². The molecule has 1 N–H and O–H groups in total. The number of rotatable bonds is 8. The number of hydrogen-bond donors (Lipinski definition) is 1. The summed E-state index contributed by atoms with van der Waals surface area (Å²) in [5.74, 6) is 0. The molecule has 0 heterocycles. The minimum Gasteiger partial charge on any atom is -0.389 e. The molecule has 1 rings (SSSR count). The maximum Gasteiger partial charge on any atom is 0.0745 e. The van der Waals surface area contributed by atoms with Crippen molar-refractivity contribution in [2.45, 2.75) is 19.1 Å². The molecule has 0 fully saturated rings. The van der Waals surface area contributed by atoms with Crippen molar-refractivity contribution in [1.29, 1.82) is 0 Å². The number of aliphatic hydroxyl groups is 1. The highest BCUT2D eigenvalue weighted by molar-refractivity contribution is 5.13. The Bertz CT molecular complexity index is 379. The van der Waals surface area contributed by atoms with Crippen molar-refractivity contribution in [3.05, 3.63) is 72.9 Å². The fraction of sp³-hybridized carbons (Fsp3) is 0.250. The van der Waals surface area contributed by atoms with Gasteiger partial charge in [-0.3, -0.25) is 0 Å². The van der Waals surface area contributed by atoms with E-state index in [0.717, 1.165) is 5.56 Å². The molecule has 0 amide bonds. The lowest BCUT2D eigenvalue weighted by Crippen LogP contribution is -2.07. The normalized spacial score (nSPS) is 13.2. The molecular weight excluding hydrogens is 224 g/mol. The fourth-order valence-corrected chi connectivity index (χ4v) is 1.40. The molecule has 1 aromatic rings. The number of allylic oxidation sites excluding steroid dienone is 4. The third-order valence-corrected chi connectivity index (χ3v) is 2.36. The van der Waals surface area contributed by atoms with Crippen LogP contribution in [0.25, 0.3) is 0 Å². The first-order chi connectivity index (χ1) is 8.83. The molecule has 2 nitrogen and oxygen atoms in total. The molecule has 0 aliphatic rings. The summed E-state index contributed by atoms with van der Waals surface area (Å²) in [7, 11) is 0. The third-order valence-electron chi connectivity index (χ3n) is 2.36. The van der Waals surface area contributed by atoms with E-state index in [1.165, 1.54) is 0 Å². The van der Waals surface area contributed by atoms with Gasteiger partial charge in [-0.05, 0) is 5.56 Å². The van der Waals surface area contributed by atoms with Crippen LogP contribution in [0.5, 0.6) is 0 Å². The van der Waals surface area contributed by atoms with Crippen LogP contribution in [0.2, 0.25) is 0 Å². The second kappa shape index (κ2) is 9.40. The average Bonchev–Trinajstić information content (AvgIpc) is 2.41. The Balaban J connectivity index is 2.12. The second-order valence-corrected chi connectivity index (χ2v) is 3.90. The predicted molar refractivity (Wildman–Crippen MR) is 75.2 cm³/mol. The van der Waals surface area contributed by atoms with Gasteiger partial charge in [-0.2, -0.15) is 0 Å². The first-order valence-electron chi connectivity index (χ1n) is 6.08. The second-order valence-electron chi connectivity index (χ2n) is 3.90. The molecular formula is C16H20O2. The van der Waals surface area contributed by atoms with Crippen molar-refractivity contribution >= 4 is 0 Å². The average molecular weight is 244 g/mol. The monoisotopic (exact) mass is 244 g/mol. The summed E-state index contributed by atoms with van der Waals surface area (Å²) in [4.78, 5) is 0. The van der Waals surface area contributed by atoms with Crippen molar-refractivity contribution in [3.63, 3.8) is 0 Å². The summed E-state index contributed by atoms with van der Waals surface area (Å²) in [5, 5.41) is 9.62. The van der Waals surface area contributed by atoms with Gasteiger partial charge in [-0.15, -0.1) is 0 Å². The van der Waals surface area contributed by atoms with E-state index in [9.17, 15) is 5.11 Å². The molecule has 0 saturated heterocycles. The first kappa shape index (κ1) is 14.4. The minimum atomic E-state index is -0.463. The van der Waals surface area contributed by atoms with E-state index in [1.807, 2.05) is 48.6 Å². The molecule has 1 unspecified atom stereocenters. The van der Waals surface area contributed by atoms with Crippen molar-refractivity contribution in [2.75, 3.05) is 6.61 Å².